The first-order valence-electron chi connectivity index (χ1n) is 10.2. The van der Waals surface area contributed by atoms with Crippen molar-refractivity contribution in [1.29, 1.82) is 0 Å². The van der Waals surface area contributed by atoms with Gasteiger partial charge in [-0.1, -0.05) is 18.2 Å². The number of aromatic nitrogens is 2. The molecule has 0 fully saturated rings. The van der Waals surface area contributed by atoms with Crippen molar-refractivity contribution < 1.29 is 9.72 Å². The van der Waals surface area contributed by atoms with Gasteiger partial charge < -0.3 is 9.88 Å². The summed E-state index contributed by atoms with van der Waals surface area (Å²) in [5.41, 5.74) is 5.33. The Morgan fingerprint density at radius 1 is 1.17 bits per heavy atom. The van der Waals surface area contributed by atoms with Crippen LogP contribution in [0.4, 0.5) is 11.4 Å². The molecule has 1 aromatic carbocycles. The molecule has 0 amide bonds. The van der Waals surface area contributed by atoms with E-state index in [0.29, 0.717) is 31.4 Å². The third kappa shape index (κ3) is 3.83. The summed E-state index contributed by atoms with van der Waals surface area (Å²) in [4.78, 5) is 27.9. The van der Waals surface area contributed by atoms with Crippen molar-refractivity contribution in [2.45, 2.75) is 32.7 Å². The Kier molecular flexibility index (Phi) is 5.61. The summed E-state index contributed by atoms with van der Waals surface area (Å²) >= 11 is 0. The van der Waals surface area contributed by atoms with Crippen LogP contribution < -0.4 is 5.32 Å². The predicted octanol–water partition coefficient (Wildman–Crippen LogP) is 4.73. The smallest absolute Gasteiger partial charge is 0.204 e. The molecule has 154 valence electrons. The first-order chi connectivity index (χ1) is 14.6. The zero-order valence-electron chi connectivity index (χ0n) is 16.9. The normalized spacial score (nSPS) is 15.6. The van der Waals surface area contributed by atoms with E-state index in [2.05, 4.69) is 21.8 Å². The first kappa shape index (κ1) is 19.8. The molecular weight excluding hydrogens is 380 g/mol. The summed E-state index contributed by atoms with van der Waals surface area (Å²) in [6.45, 7) is 2.65. The van der Waals surface area contributed by atoms with Crippen LogP contribution in [-0.2, 0) is 13.0 Å². The number of fused-ring (bicyclic) bond motifs is 1. The number of rotatable bonds is 7. The van der Waals surface area contributed by atoms with Crippen LogP contribution in [0.1, 0.15) is 35.8 Å². The van der Waals surface area contributed by atoms with Gasteiger partial charge in [0.05, 0.1) is 16.9 Å². The number of ketones is 1. The Labute approximate surface area is 174 Å². The van der Waals surface area contributed by atoms with Gasteiger partial charge >= 0.3 is 0 Å². The zero-order chi connectivity index (χ0) is 21.1. The van der Waals surface area contributed by atoms with Gasteiger partial charge in [-0.3, -0.25) is 19.9 Å². The van der Waals surface area contributed by atoms with E-state index < -0.39 is 0 Å². The van der Waals surface area contributed by atoms with E-state index in [1.807, 2.05) is 42.5 Å². The van der Waals surface area contributed by atoms with Crippen LogP contribution in [0.5, 0.6) is 0 Å². The van der Waals surface area contributed by atoms with Crippen LogP contribution >= 0.6 is 0 Å². The molecular formula is C23H24N4O3. The average molecular weight is 404 g/mol. The van der Waals surface area contributed by atoms with Crippen molar-refractivity contribution in [2.24, 2.45) is 5.92 Å². The summed E-state index contributed by atoms with van der Waals surface area (Å²) < 4.78 is 2.17. The summed E-state index contributed by atoms with van der Waals surface area (Å²) in [6.07, 6.45) is 4.91. The van der Waals surface area contributed by atoms with E-state index in [9.17, 15) is 14.9 Å². The number of nitrogens with one attached hydrogen (secondary N) is 1. The van der Waals surface area contributed by atoms with Crippen molar-refractivity contribution in [1.82, 2.24) is 9.55 Å². The van der Waals surface area contributed by atoms with Gasteiger partial charge in [0.2, 0.25) is 6.54 Å². The summed E-state index contributed by atoms with van der Waals surface area (Å²) in [7, 11) is 0. The van der Waals surface area contributed by atoms with Gasteiger partial charge in [0.1, 0.15) is 0 Å². The fraction of sp³-hybridized carbons (Fsp3) is 0.304. The lowest BCUT2D eigenvalue weighted by molar-refractivity contribution is -0.481. The monoisotopic (exact) mass is 404 g/mol. The lowest BCUT2D eigenvalue weighted by atomic mass is 9.84. The second-order valence-corrected chi connectivity index (χ2v) is 7.56. The molecule has 1 N–H and O–H groups in total. The molecule has 7 heteroatoms. The zero-order valence-corrected chi connectivity index (χ0v) is 16.9. The number of Topliss-reactive ketones (excluding diaryl/α,β-unsaturated/α-hetero) is 1. The maximum absolute atomic E-state index is 13.2. The van der Waals surface area contributed by atoms with Crippen molar-refractivity contribution in [3.05, 3.63) is 76.2 Å². The van der Waals surface area contributed by atoms with Crippen LogP contribution in [0, 0.1) is 16.0 Å². The highest BCUT2D eigenvalue weighted by Crippen LogP contribution is 2.42. The van der Waals surface area contributed by atoms with Crippen molar-refractivity contribution in [2.75, 3.05) is 11.9 Å². The molecule has 30 heavy (non-hydrogen) atoms. The third-order valence-electron chi connectivity index (χ3n) is 5.64. The number of anilines is 2. The van der Waals surface area contributed by atoms with Crippen molar-refractivity contribution in [3.63, 3.8) is 0 Å². The SMILES string of the molecule is CCn1c2c(c(Nc3ccccc3)c1-c1ccncc1)C(=O)CC(CC[N+](=O)[O-])C2. The third-order valence-corrected chi connectivity index (χ3v) is 5.64. The number of carbonyl (C=O) groups excluding carboxylic acids is 1. The largest absolute Gasteiger partial charge is 0.353 e. The van der Waals surface area contributed by atoms with Crippen LogP contribution in [0.2, 0.25) is 0 Å². The highest BCUT2D eigenvalue weighted by atomic mass is 16.6. The minimum Gasteiger partial charge on any atom is -0.353 e. The summed E-state index contributed by atoms with van der Waals surface area (Å²) in [5.74, 6) is 0.0380. The van der Waals surface area contributed by atoms with E-state index in [1.165, 1.54) is 0 Å². The number of nitrogens with zero attached hydrogens (tertiary/aromatic N) is 3. The van der Waals surface area contributed by atoms with Crippen LogP contribution in [0.15, 0.2) is 54.9 Å². The Morgan fingerprint density at radius 2 is 1.90 bits per heavy atom. The molecule has 4 rings (SSSR count). The number of hydrogen-bond donors (Lipinski definition) is 1. The number of para-hydroxylation sites is 1. The van der Waals surface area contributed by atoms with Gasteiger partial charge in [-0.25, -0.2) is 0 Å². The second-order valence-electron chi connectivity index (χ2n) is 7.56. The molecule has 0 radical (unpaired) electrons. The molecule has 0 saturated heterocycles. The van der Waals surface area contributed by atoms with Gasteiger partial charge in [-0.05, 0) is 43.5 Å². The Morgan fingerprint density at radius 3 is 2.57 bits per heavy atom. The summed E-state index contributed by atoms with van der Waals surface area (Å²) in [5, 5.41) is 14.3. The lowest BCUT2D eigenvalue weighted by Gasteiger charge is -2.22. The van der Waals surface area contributed by atoms with Crippen molar-refractivity contribution >= 4 is 17.2 Å². The molecule has 2 heterocycles. The molecule has 1 atom stereocenters. The highest BCUT2D eigenvalue weighted by Gasteiger charge is 2.34. The fourth-order valence-electron chi connectivity index (χ4n) is 4.33. The molecule has 7 nitrogen and oxygen atoms in total. The van der Waals surface area contributed by atoms with Gasteiger partial charge in [0.25, 0.3) is 0 Å². The number of benzene rings is 1. The maximum Gasteiger partial charge on any atom is 0.204 e. The second kappa shape index (κ2) is 8.49. The first-order valence-corrected chi connectivity index (χ1v) is 10.2. The molecule has 0 saturated carbocycles. The average Bonchev–Trinajstić information content (AvgIpc) is 3.07. The molecule has 1 unspecified atom stereocenters. The van der Waals surface area contributed by atoms with Gasteiger partial charge in [0.15, 0.2) is 5.78 Å². The van der Waals surface area contributed by atoms with E-state index in [0.717, 1.165) is 28.3 Å². The molecule has 0 spiro atoms. The minimum atomic E-state index is -0.302. The number of pyridine rings is 1. The Hall–Kier alpha value is -3.48. The quantitative estimate of drug-likeness (QED) is 0.454. The molecule has 3 aromatic rings. The Bertz CT molecular complexity index is 1060. The molecule has 0 bridgehead atoms. The predicted molar refractivity (Wildman–Crippen MR) is 116 cm³/mol. The number of nitro groups is 1. The minimum absolute atomic E-state index is 0.00883. The number of carbonyl (C=O) groups is 1. The van der Waals surface area contributed by atoms with E-state index in [4.69, 9.17) is 0 Å². The van der Waals surface area contributed by atoms with Gasteiger partial charge in [0, 0.05) is 53.6 Å². The molecule has 1 aliphatic rings. The van der Waals surface area contributed by atoms with E-state index >= 15 is 0 Å². The van der Waals surface area contributed by atoms with Crippen LogP contribution in [-0.4, -0.2) is 26.8 Å². The molecule has 2 aromatic heterocycles. The standard InChI is InChI=1S/C23H24N4O3/c1-2-26-19-14-16(10-13-27(29)30)15-20(28)21(19)22(25-18-6-4-3-5-7-18)23(26)17-8-11-24-12-9-17/h3-9,11-12,16,25H,2,10,13-15H2,1H3. The highest BCUT2D eigenvalue weighted by molar-refractivity contribution is 6.07. The Balaban J connectivity index is 1.84. The van der Waals surface area contributed by atoms with Crippen LogP contribution in [0.25, 0.3) is 11.3 Å². The fourth-order valence-corrected chi connectivity index (χ4v) is 4.33. The van der Waals surface area contributed by atoms with Crippen LogP contribution in [0.3, 0.4) is 0 Å². The van der Waals surface area contributed by atoms with Gasteiger partial charge in [-0.15, -0.1) is 0 Å². The number of hydrogen-bond acceptors (Lipinski definition) is 5. The maximum atomic E-state index is 13.2. The van der Waals surface area contributed by atoms with Gasteiger partial charge in [-0.2, -0.15) is 0 Å². The molecule has 0 aliphatic heterocycles. The molecule has 1 aliphatic carbocycles. The van der Waals surface area contributed by atoms with E-state index in [-0.39, 0.29) is 23.2 Å². The summed E-state index contributed by atoms with van der Waals surface area (Å²) in [6, 6.07) is 13.7. The van der Waals surface area contributed by atoms with Crippen molar-refractivity contribution in [3.8, 4) is 11.3 Å². The topological polar surface area (TPSA) is 90.1 Å². The van der Waals surface area contributed by atoms with E-state index in [1.54, 1.807) is 12.4 Å². The lowest BCUT2D eigenvalue weighted by Crippen LogP contribution is -2.23.